The third-order valence-electron chi connectivity index (χ3n) is 4.91. The first-order chi connectivity index (χ1) is 12.9. The number of halogens is 1. The molecular formula is C20H23FN4OS. The number of allylic oxidation sites excluding steroid dienone is 2. The quantitative estimate of drug-likeness (QED) is 0.780. The third-order valence-corrected chi connectivity index (χ3v) is 5.96. The average molecular weight is 386 g/mol. The van der Waals surface area contributed by atoms with Crippen molar-refractivity contribution in [3.63, 3.8) is 0 Å². The largest absolute Gasteiger partial charge is 0.328 e. The van der Waals surface area contributed by atoms with E-state index in [9.17, 15) is 9.18 Å². The van der Waals surface area contributed by atoms with E-state index in [-0.39, 0.29) is 17.0 Å². The monoisotopic (exact) mass is 386 g/mol. The van der Waals surface area contributed by atoms with Gasteiger partial charge in [-0.1, -0.05) is 44.7 Å². The van der Waals surface area contributed by atoms with Crippen molar-refractivity contribution < 1.29 is 9.18 Å². The van der Waals surface area contributed by atoms with Gasteiger partial charge < -0.3 is 5.32 Å². The predicted molar refractivity (Wildman–Crippen MR) is 104 cm³/mol. The summed E-state index contributed by atoms with van der Waals surface area (Å²) in [7, 11) is 0. The van der Waals surface area contributed by atoms with E-state index in [0.29, 0.717) is 23.1 Å². The fraction of sp³-hybridized carbons (Fsp3) is 0.450. The lowest BCUT2D eigenvalue weighted by Gasteiger charge is -2.38. The molecule has 0 fully saturated rings. The zero-order valence-electron chi connectivity index (χ0n) is 15.8. The SMILES string of the molecule is CCCSc1nc2n(n1)C(c1cccc(F)c1)C1=C(CC(C)(C)CC1=O)N2. The molecule has 0 amide bonds. The summed E-state index contributed by atoms with van der Waals surface area (Å²) < 4.78 is 15.7. The molecule has 1 unspecified atom stereocenters. The summed E-state index contributed by atoms with van der Waals surface area (Å²) in [5, 5.41) is 8.65. The van der Waals surface area contributed by atoms with Crippen molar-refractivity contribution in [1.82, 2.24) is 14.8 Å². The van der Waals surface area contributed by atoms with Crippen LogP contribution in [0.3, 0.4) is 0 Å². The minimum atomic E-state index is -0.445. The number of thioether (sulfide) groups is 1. The highest BCUT2D eigenvalue weighted by atomic mass is 32.2. The molecule has 0 saturated heterocycles. The lowest BCUT2D eigenvalue weighted by atomic mass is 9.73. The second-order valence-electron chi connectivity index (χ2n) is 7.93. The molecule has 2 aliphatic rings. The van der Waals surface area contributed by atoms with Crippen LogP contribution in [0.5, 0.6) is 0 Å². The van der Waals surface area contributed by atoms with Crippen molar-refractivity contribution in [1.29, 1.82) is 0 Å². The molecule has 1 aliphatic carbocycles. The highest BCUT2D eigenvalue weighted by molar-refractivity contribution is 7.99. The molecule has 0 spiro atoms. The second kappa shape index (κ2) is 6.78. The number of carbonyl (C=O) groups excluding carboxylic acids is 1. The number of carbonyl (C=O) groups is 1. The van der Waals surface area contributed by atoms with Crippen molar-refractivity contribution >= 4 is 23.5 Å². The molecule has 2 heterocycles. The first-order valence-corrected chi connectivity index (χ1v) is 10.2. The van der Waals surface area contributed by atoms with Gasteiger partial charge in [-0.05, 0) is 36.0 Å². The van der Waals surface area contributed by atoms with Crippen molar-refractivity contribution in [2.75, 3.05) is 11.1 Å². The number of fused-ring (bicyclic) bond motifs is 1. The molecule has 1 atom stereocenters. The molecule has 7 heteroatoms. The third kappa shape index (κ3) is 3.40. The van der Waals surface area contributed by atoms with Crippen molar-refractivity contribution in [3.05, 3.63) is 46.9 Å². The molecule has 142 valence electrons. The van der Waals surface area contributed by atoms with Crippen LogP contribution in [0.2, 0.25) is 0 Å². The molecule has 1 aromatic heterocycles. The molecule has 1 aromatic carbocycles. The first kappa shape index (κ1) is 18.2. The molecule has 0 bridgehead atoms. The van der Waals surface area contributed by atoms with Crippen LogP contribution < -0.4 is 5.32 Å². The number of nitrogens with one attached hydrogen (secondary N) is 1. The second-order valence-corrected chi connectivity index (χ2v) is 8.99. The van der Waals surface area contributed by atoms with Gasteiger partial charge in [-0.25, -0.2) is 9.07 Å². The summed E-state index contributed by atoms with van der Waals surface area (Å²) in [5.74, 6) is 1.31. The van der Waals surface area contributed by atoms with Gasteiger partial charge >= 0.3 is 0 Å². The van der Waals surface area contributed by atoms with Crippen LogP contribution in [0, 0.1) is 11.2 Å². The smallest absolute Gasteiger partial charge is 0.227 e. The van der Waals surface area contributed by atoms with Gasteiger partial charge in [-0.15, -0.1) is 5.10 Å². The molecule has 1 aliphatic heterocycles. The van der Waals surface area contributed by atoms with Gasteiger partial charge in [0.15, 0.2) is 5.78 Å². The van der Waals surface area contributed by atoms with E-state index in [2.05, 4.69) is 36.2 Å². The van der Waals surface area contributed by atoms with E-state index in [1.807, 2.05) is 6.07 Å². The maximum Gasteiger partial charge on any atom is 0.227 e. The Morgan fingerprint density at radius 3 is 2.93 bits per heavy atom. The Balaban J connectivity index is 1.85. The summed E-state index contributed by atoms with van der Waals surface area (Å²) in [6.07, 6.45) is 2.25. The van der Waals surface area contributed by atoms with E-state index in [4.69, 9.17) is 0 Å². The number of rotatable bonds is 4. The highest BCUT2D eigenvalue weighted by Gasteiger charge is 2.41. The van der Waals surface area contributed by atoms with Gasteiger partial charge in [0.1, 0.15) is 11.9 Å². The normalized spacial score (nSPS) is 20.9. The predicted octanol–water partition coefficient (Wildman–Crippen LogP) is 4.58. The fourth-order valence-corrected chi connectivity index (χ4v) is 4.51. The van der Waals surface area contributed by atoms with Crippen LogP contribution in [-0.4, -0.2) is 26.3 Å². The summed E-state index contributed by atoms with van der Waals surface area (Å²) in [6.45, 7) is 6.29. The van der Waals surface area contributed by atoms with Gasteiger partial charge in [0, 0.05) is 23.4 Å². The molecule has 5 nitrogen and oxygen atoms in total. The first-order valence-electron chi connectivity index (χ1n) is 9.26. The molecule has 0 radical (unpaired) electrons. The molecular weight excluding hydrogens is 363 g/mol. The van der Waals surface area contributed by atoms with Gasteiger partial charge in [0.05, 0.1) is 0 Å². The number of hydrogen-bond donors (Lipinski definition) is 1. The molecule has 0 saturated carbocycles. The summed E-state index contributed by atoms with van der Waals surface area (Å²) >= 11 is 1.59. The Labute approximate surface area is 162 Å². The summed E-state index contributed by atoms with van der Waals surface area (Å²) in [4.78, 5) is 17.7. The van der Waals surface area contributed by atoms with Crippen LogP contribution in [0.4, 0.5) is 10.3 Å². The van der Waals surface area contributed by atoms with E-state index >= 15 is 0 Å². The number of nitrogens with zero attached hydrogens (tertiary/aromatic N) is 3. The van der Waals surface area contributed by atoms with E-state index in [1.165, 1.54) is 12.1 Å². The van der Waals surface area contributed by atoms with Gasteiger partial charge in [-0.3, -0.25) is 4.79 Å². The topological polar surface area (TPSA) is 59.8 Å². The molecule has 4 rings (SSSR count). The van der Waals surface area contributed by atoms with E-state index in [0.717, 1.165) is 29.9 Å². The van der Waals surface area contributed by atoms with E-state index in [1.54, 1.807) is 22.5 Å². The fourth-order valence-electron chi connectivity index (χ4n) is 3.83. The lowest BCUT2D eigenvalue weighted by Crippen LogP contribution is -2.36. The number of ketones is 1. The number of hydrogen-bond acceptors (Lipinski definition) is 5. The van der Waals surface area contributed by atoms with Crippen LogP contribution in [-0.2, 0) is 4.79 Å². The number of benzene rings is 1. The Hall–Kier alpha value is -2.15. The summed E-state index contributed by atoms with van der Waals surface area (Å²) in [6, 6.07) is 5.97. The van der Waals surface area contributed by atoms with Gasteiger partial charge in [0.2, 0.25) is 11.1 Å². The Bertz CT molecular complexity index is 934. The maximum absolute atomic E-state index is 13.9. The summed E-state index contributed by atoms with van der Waals surface area (Å²) in [5.41, 5.74) is 2.18. The Morgan fingerprint density at radius 2 is 2.19 bits per heavy atom. The van der Waals surface area contributed by atoms with Crippen LogP contribution in [0.1, 0.15) is 51.6 Å². The average Bonchev–Trinajstić information content (AvgIpc) is 2.99. The number of Topliss-reactive ketones (excluding diaryl/α,β-unsaturated/α-hetero) is 1. The molecule has 1 N–H and O–H groups in total. The minimum absolute atomic E-state index is 0.0897. The van der Waals surface area contributed by atoms with E-state index < -0.39 is 6.04 Å². The van der Waals surface area contributed by atoms with Gasteiger partial charge in [-0.2, -0.15) is 4.98 Å². The lowest BCUT2D eigenvalue weighted by molar-refractivity contribution is -0.118. The Morgan fingerprint density at radius 1 is 1.37 bits per heavy atom. The van der Waals surface area contributed by atoms with Crippen LogP contribution >= 0.6 is 11.8 Å². The highest BCUT2D eigenvalue weighted by Crippen LogP contribution is 2.45. The zero-order chi connectivity index (χ0) is 19.2. The molecule has 27 heavy (non-hydrogen) atoms. The van der Waals surface area contributed by atoms with Crippen molar-refractivity contribution in [2.45, 2.75) is 51.2 Å². The Kier molecular flexibility index (Phi) is 4.58. The number of anilines is 1. The standard InChI is InChI=1S/C20H23FN4OS/c1-4-8-27-19-23-18-22-14-10-20(2,3)11-15(26)16(14)17(25(18)24-19)12-6-5-7-13(21)9-12/h5-7,9,17H,4,8,10-11H2,1-3H3,(H,22,23,24). The van der Waals surface area contributed by atoms with Crippen LogP contribution in [0.15, 0.2) is 40.7 Å². The van der Waals surface area contributed by atoms with Crippen LogP contribution in [0.25, 0.3) is 0 Å². The maximum atomic E-state index is 13.9. The van der Waals surface area contributed by atoms with Gasteiger partial charge in [0.25, 0.3) is 0 Å². The minimum Gasteiger partial charge on any atom is -0.328 e. The zero-order valence-corrected chi connectivity index (χ0v) is 16.6. The number of aromatic nitrogens is 3. The van der Waals surface area contributed by atoms with Crippen molar-refractivity contribution in [3.8, 4) is 0 Å². The van der Waals surface area contributed by atoms with Crippen molar-refractivity contribution in [2.24, 2.45) is 5.41 Å². The molecule has 2 aromatic rings.